The van der Waals surface area contributed by atoms with Gasteiger partial charge in [0.05, 0.1) is 7.11 Å². The lowest BCUT2D eigenvalue weighted by atomic mass is 10.1. The third-order valence-corrected chi connectivity index (χ3v) is 3.60. The lowest BCUT2D eigenvalue weighted by molar-refractivity contribution is 0.401. The zero-order valence-corrected chi connectivity index (χ0v) is 13.1. The van der Waals surface area contributed by atoms with Crippen molar-refractivity contribution in [3.05, 3.63) is 63.9 Å². The van der Waals surface area contributed by atoms with Gasteiger partial charge < -0.3 is 10.1 Å². The Morgan fingerprint density at radius 3 is 2.70 bits per heavy atom. The van der Waals surface area contributed by atoms with E-state index in [1.54, 1.807) is 7.11 Å². The molecule has 1 atom stereocenters. The second-order valence-corrected chi connectivity index (χ2v) is 5.54. The van der Waals surface area contributed by atoms with Crippen molar-refractivity contribution in [2.45, 2.75) is 19.5 Å². The second-order valence-electron chi connectivity index (χ2n) is 4.62. The highest BCUT2D eigenvalue weighted by Gasteiger charge is 2.10. The van der Waals surface area contributed by atoms with E-state index in [4.69, 9.17) is 4.74 Å². The smallest absolute Gasteiger partial charge is 0.124 e. The van der Waals surface area contributed by atoms with E-state index in [1.807, 2.05) is 30.3 Å². The van der Waals surface area contributed by atoms with Crippen LogP contribution in [0.25, 0.3) is 0 Å². The first-order valence-electron chi connectivity index (χ1n) is 6.41. The highest BCUT2D eigenvalue weighted by atomic mass is 79.9. The van der Waals surface area contributed by atoms with Crippen LogP contribution in [0.3, 0.4) is 0 Å². The van der Waals surface area contributed by atoms with E-state index in [-0.39, 0.29) is 11.9 Å². The van der Waals surface area contributed by atoms with Crippen molar-refractivity contribution in [3.8, 4) is 5.75 Å². The van der Waals surface area contributed by atoms with Crippen LogP contribution >= 0.6 is 15.9 Å². The first kappa shape index (κ1) is 15.0. The van der Waals surface area contributed by atoms with Gasteiger partial charge in [0.25, 0.3) is 0 Å². The Morgan fingerprint density at radius 1 is 1.25 bits per heavy atom. The Balaban J connectivity index is 2.06. The zero-order valence-electron chi connectivity index (χ0n) is 11.5. The van der Waals surface area contributed by atoms with Crippen molar-refractivity contribution < 1.29 is 9.13 Å². The van der Waals surface area contributed by atoms with Crippen LogP contribution in [0.2, 0.25) is 0 Å². The fourth-order valence-electron chi connectivity index (χ4n) is 2.12. The molecule has 0 aliphatic carbocycles. The summed E-state index contributed by atoms with van der Waals surface area (Å²) < 4.78 is 19.4. The number of methoxy groups -OCH3 is 1. The molecule has 2 rings (SSSR count). The first-order valence-corrected chi connectivity index (χ1v) is 7.20. The molecule has 0 bridgehead atoms. The molecule has 0 spiro atoms. The number of halogens is 2. The fraction of sp³-hybridized carbons (Fsp3) is 0.250. The van der Waals surface area contributed by atoms with Gasteiger partial charge in [-0.25, -0.2) is 4.39 Å². The molecule has 0 aliphatic rings. The topological polar surface area (TPSA) is 21.3 Å². The van der Waals surface area contributed by atoms with Gasteiger partial charge in [-0.2, -0.15) is 0 Å². The van der Waals surface area contributed by atoms with Crippen LogP contribution in [0.5, 0.6) is 5.75 Å². The van der Waals surface area contributed by atoms with Crippen molar-refractivity contribution in [1.29, 1.82) is 0 Å². The van der Waals surface area contributed by atoms with Crippen LogP contribution in [0, 0.1) is 5.82 Å². The summed E-state index contributed by atoms with van der Waals surface area (Å²) in [5.41, 5.74) is 1.99. The van der Waals surface area contributed by atoms with Gasteiger partial charge in [-0.15, -0.1) is 0 Å². The summed E-state index contributed by atoms with van der Waals surface area (Å²) in [6, 6.07) is 12.9. The van der Waals surface area contributed by atoms with Crippen molar-refractivity contribution in [2.24, 2.45) is 0 Å². The van der Waals surface area contributed by atoms with Crippen LogP contribution < -0.4 is 10.1 Å². The molecule has 1 N–H and O–H groups in total. The summed E-state index contributed by atoms with van der Waals surface area (Å²) in [5, 5.41) is 3.38. The molecule has 2 nitrogen and oxygen atoms in total. The van der Waals surface area contributed by atoms with Crippen molar-refractivity contribution >= 4 is 15.9 Å². The Kier molecular flexibility index (Phi) is 5.15. The van der Waals surface area contributed by atoms with Crippen LogP contribution in [0.4, 0.5) is 4.39 Å². The van der Waals surface area contributed by atoms with E-state index in [0.717, 1.165) is 21.3 Å². The lowest BCUT2D eigenvalue weighted by Gasteiger charge is -2.17. The normalized spacial score (nSPS) is 12.2. The quantitative estimate of drug-likeness (QED) is 0.870. The van der Waals surface area contributed by atoms with E-state index in [0.29, 0.717) is 6.54 Å². The van der Waals surface area contributed by atoms with Gasteiger partial charge in [0.15, 0.2) is 0 Å². The Hall–Kier alpha value is -1.39. The first-order chi connectivity index (χ1) is 9.60. The second kappa shape index (κ2) is 6.86. The minimum absolute atomic E-state index is 0.119. The monoisotopic (exact) mass is 337 g/mol. The Labute approximate surface area is 127 Å². The van der Waals surface area contributed by atoms with Gasteiger partial charge in [0.2, 0.25) is 0 Å². The average molecular weight is 338 g/mol. The van der Waals surface area contributed by atoms with Gasteiger partial charge in [-0.05, 0) is 36.8 Å². The van der Waals surface area contributed by atoms with Crippen LogP contribution in [0.1, 0.15) is 24.1 Å². The highest BCUT2D eigenvalue weighted by molar-refractivity contribution is 9.10. The van der Waals surface area contributed by atoms with E-state index in [1.165, 1.54) is 12.1 Å². The Bertz CT molecular complexity index is 568. The number of nitrogens with one attached hydrogen (secondary N) is 1. The maximum Gasteiger partial charge on any atom is 0.124 e. The summed E-state index contributed by atoms with van der Waals surface area (Å²) in [7, 11) is 1.66. The zero-order chi connectivity index (χ0) is 14.5. The van der Waals surface area contributed by atoms with Crippen LogP contribution in [-0.4, -0.2) is 7.11 Å². The molecule has 0 fully saturated rings. The molecule has 0 saturated heterocycles. The van der Waals surface area contributed by atoms with Crippen molar-refractivity contribution in [1.82, 2.24) is 5.32 Å². The molecule has 0 saturated carbocycles. The SMILES string of the molecule is COc1ccccc1[C@H](C)NCc1cc(F)cc(Br)c1. The number of hydrogen-bond donors (Lipinski definition) is 1. The minimum Gasteiger partial charge on any atom is -0.496 e. The molecule has 0 aliphatic heterocycles. The number of rotatable bonds is 5. The number of benzene rings is 2. The van der Waals surface area contributed by atoms with E-state index in [2.05, 4.69) is 28.2 Å². The standard InChI is InChI=1S/C16H17BrFNO/c1-11(15-5-3-4-6-16(15)20-2)19-10-12-7-13(17)9-14(18)8-12/h3-9,11,19H,10H2,1-2H3/t11-/m0/s1. The molecule has 0 aromatic heterocycles. The van der Waals surface area contributed by atoms with Gasteiger partial charge in [-0.1, -0.05) is 34.1 Å². The number of ether oxygens (including phenoxy) is 1. The minimum atomic E-state index is -0.235. The molecule has 2 aromatic carbocycles. The van der Waals surface area contributed by atoms with Crippen LogP contribution in [-0.2, 0) is 6.54 Å². The lowest BCUT2D eigenvalue weighted by Crippen LogP contribution is -2.18. The molecule has 0 unspecified atom stereocenters. The number of hydrogen-bond acceptors (Lipinski definition) is 2. The number of para-hydroxylation sites is 1. The molecule has 0 amide bonds. The largest absolute Gasteiger partial charge is 0.496 e. The van der Waals surface area contributed by atoms with Gasteiger partial charge in [0.1, 0.15) is 11.6 Å². The summed E-state index contributed by atoms with van der Waals surface area (Å²) in [5.74, 6) is 0.619. The Morgan fingerprint density at radius 2 is 2.00 bits per heavy atom. The molecule has 2 aromatic rings. The fourth-order valence-corrected chi connectivity index (χ4v) is 2.63. The van der Waals surface area contributed by atoms with E-state index in [9.17, 15) is 4.39 Å². The predicted octanol–water partition coefficient (Wildman–Crippen LogP) is 4.45. The maximum atomic E-state index is 13.3. The summed E-state index contributed by atoms with van der Waals surface area (Å²) >= 11 is 3.30. The predicted molar refractivity (Wildman–Crippen MR) is 82.3 cm³/mol. The maximum absolute atomic E-state index is 13.3. The van der Waals surface area contributed by atoms with Gasteiger partial charge in [0, 0.05) is 22.6 Å². The molecule has 20 heavy (non-hydrogen) atoms. The molecular weight excluding hydrogens is 321 g/mol. The average Bonchev–Trinajstić information content (AvgIpc) is 2.43. The van der Waals surface area contributed by atoms with Crippen molar-refractivity contribution in [2.75, 3.05) is 7.11 Å². The van der Waals surface area contributed by atoms with Crippen LogP contribution in [0.15, 0.2) is 46.9 Å². The molecule has 0 heterocycles. The highest BCUT2D eigenvalue weighted by Crippen LogP contribution is 2.24. The summed E-state index contributed by atoms with van der Waals surface area (Å²) in [6.45, 7) is 2.65. The molecule has 106 valence electrons. The molecule has 4 heteroatoms. The summed E-state index contributed by atoms with van der Waals surface area (Å²) in [4.78, 5) is 0. The third kappa shape index (κ3) is 3.81. The third-order valence-electron chi connectivity index (χ3n) is 3.14. The molecular formula is C16H17BrFNO. The van der Waals surface area contributed by atoms with E-state index < -0.39 is 0 Å². The molecule has 0 radical (unpaired) electrons. The van der Waals surface area contributed by atoms with Gasteiger partial charge in [-0.3, -0.25) is 0 Å². The van der Waals surface area contributed by atoms with Gasteiger partial charge >= 0.3 is 0 Å². The van der Waals surface area contributed by atoms with Crippen molar-refractivity contribution in [3.63, 3.8) is 0 Å². The summed E-state index contributed by atoms with van der Waals surface area (Å²) in [6.07, 6.45) is 0. The van der Waals surface area contributed by atoms with E-state index >= 15 is 0 Å².